The number of carbonyl (C=O) groups is 1. The molecule has 0 bridgehead atoms. The van der Waals surface area contributed by atoms with Gasteiger partial charge in [0.1, 0.15) is 4.90 Å². The lowest BCUT2D eigenvalue weighted by Crippen LogP contribution is -2.36. The number of carbonyl (C=O) groups excluding carboxylic acids is 1. The van der Waals surface area contributed by atoms with Gasteiger partial charge in [0.05, 0.1) is 5.56 Å². The predicted octanol–water partition coefficient (Wildman–Crippen LogP) is 1.28. The minimum absolute atomic E-state index is 0.0862. The average Bonchev–Trinajstić information content (AvgIpc) is 2.46. The van der Waals surface area contributed by atoms with Crippen molar-refractivity contribution in [3.8, 4) is 0 Å². The Morgan fingerprint density at radius 3 is 2.47 bits per heavy atom. The van der Waals surface area contributed by atoms with Crippen LogP contribution < -0.4 is 5.32 Å². The van der Waals surface area contributed by atoms with Crippen LogP contribution in [0.2, 0.25) is 0 Å². The highest BCUT2D eigenvalue weighted by Gasteiger charge is 2.43. The lowest BCUT2D eigenvalue weighted by molar-refractivity contribution is 0.0847. The summed E-state index contributed by atoms with van der Waals surface area (Å²) in [5, 5.41) is 2.84. The lowest BCUT2D eigenvalue weighted by Gasteiger charge is -2.18. The smallest absolute Gasteiger partial charge is 0.271 e. The maximum Gasteiger partial charge on any atom is 0.271 e. The summed E-state index contributed by atoms with van der Waals surface area (Å²) < 4.78 is 25.3. The van der Waals surface area contributed by atoms with Crippen LogP contribution in [0.1, 0.15) is 24.2 Å². The van der Waals surface area contributed by atoms with E-state index in [0.29, 0.717) is 5.69 Å². The van der Waals surface area contributed by atoms with Crippen molar-refractivity contribution in [3.05, 3.63) is 23.8 Å². The summed E-state index contributed by atoms with van der Waals surface area (Å²) in [7, 11) is -2.02. The molecular formula is C11H14N2O3S. The number of benzene rings is 1. The third-order valence-electron chi connectivity index (χ3n) is 2.72. The maximum absolute atomic E-state index is 12.2. The van der Waals surface area contributed by atoms with Gasteiger partial charge in [0.2, 0.25) is 0 Å². The molecule has 17 heavy (non-hydrogen) atoms. The van der Waals surface area contributed by atoms with Crippen molar-refractivity contribution in [1.29, 1.82) is 0 Å². The van der Waals surface area contributed by atoms with Gasteiger partial charge in [0, 0.05) is 18.8 Å². The minimum atomic E-state index is -3.68. The second kappa shape index (κ2) is 3.73. The van der Waals surface area contributed by atoms with Gasteiger partial charge in [-0.15, -0.1) is 0 Å². The zero-order valence-electron chi connectivity index (χ0n) is 9.89. The van der Waals surface area contributed by atoms with E-state index in [1.807, 2.05) is 0 Å². The van der Waals surface area contributed by atoms with Crippen molar-refractivity contribution < 1.29 is 13.2 Å². The highest BCUT2D eigenvalue weighted by atomic mass is 32.2. The molecule has 1 aromatic rings. The Labute approximate surface area is 100 Å². The van der Waals surface area contributed by atoms with E-state index in [0.717, 1.165) is 4.31 Å². The number of hydrogen-bond acceptors (Lipinski definition) is 4. The molecule has 1 heterocycles. The first-order valence-electron chi connectivity index (χ1n) is 5.30. The summed E-state index contributed by atoms with van der Waals surface area (Å²) in [6, 6.07) is 4.39. The highest BCUT2D eigenvalue weighted by molar-refractivity contribution is 7.90. The van der Waals surface area contributed by atoms with E-state index >= 15 is 0 Å². The van der Waals surface area contributed by atoms with E-state index in [4.69, 9.17) is 0 Å². The number of amides is 1. The van der Waals surface area contributed by atoms with Crippen LogP contribution in [0.15, 0.2) is 23.1 Å². The van der Waals surface area contributed by atoms with Gasteiger partial charge >= 0.3 is 0 Å². The van der Waals surface area contributed by atoms with Gasteiger partial charge in [-0.2, -0.15) is 0 Å². The SMILES string of the molecule is CNc1cccc2c1C(=O)N(C(C)C)S2(=O)=O. The van der Waals surface area contributed by atoms with Crippen LogP contribution in [0, 0.1) is 0 Å². The highest BCUT2D eigenvalue weighted by Crippen LogP contribution is 2.35. The molecule has 0 atom stereocenters. The first-order valence-corrected chi connectivity index (χ1v) is 6.74. The zero-order chi connectivity index (χ0) is 12.8. The number of hydrogen-bond donors (Lipinski definition) is 1. The van der Waals surface area contributed by atoms with Gasteiger partial charge in [0.25, 0.3) is 15.9 Å². The number of nitrogens with one attached hydrogen (secondary N) is 1. The molecule has 0 saturated carbocycles. The largest absolute Gasteiger partial charge is 0.387 e. The van der Waals surface area contributed by atoms with Gasteiger partial charge in [-0.25, -0.2) is 12.7 Å². The first kappa shape index (κ1) is 11.9. The van der Waals surface area contributed by atoms with Crippen molar-refractivity contribution in [2.45, 2.75) is 24.8 Å². The Balaban J connectivity index is 2.75. The van der Waals surface area contributed by atoms with Crippen LogP contribution in [-0.4, -0.2) is 31.7 Å². The summed E-state index contributed by atoms with van der Waals surface area (Å²) in [6.07, 6.45) is 0. The number of sulfonamides is 1. The summed E-state index contributed by atoms with van der Waals surface area (Å²) in [4.78, 5) is 12.2. The molecule has 0 radical (unpaired) electrons. The number of anilines is 1. The Kier molecular flexibility index (Phi) is 2.61. The van der Waals surface area contributed by atoms with Gasteiger partial charge in [-0.1, -0.05) is 6.07 Å². The molecule has 92 valence electrons. The lowest BCUT2D eigenvalue weighted by atomic mass is 10.1. The fourth-order valence-electron chi connectivity index (χ4n) is 2.01. The molecule has 0 unspecified atom stereocenters. The molecule has 6 heteroatoms. The molecule has 0 saturated heterocycles. The number of rotatable bonds is 2. The van der Waals surface area contributed by atoms with Crippen LogP contribution >= 0.6 is 0 Å². The van der Waals surface area contributed by atoms with Crippen molar-refractivity contribution >= 4 is 21.6 Å². The second-order valence-electron chi connectivity index (χ2n) is 4.13. The third kappa shape index (κ3) is 1.51. The van der Waals surface area contributed by atoms with Crippen LogP contribution in [0.5, 0.6) is 0 Å². The maximum atomic E-state index is 12.2. The van der Waals surface area contributed by atoms with E-state index in [-0.39, 0.29) is 16.5 Å². The monoisotopic (exact) mass is 254 g/mol. The topological polar surface area (TPSA) is 66.5 Å². The zero-order valence-corrected chi connectivity index (χ0v) is 10.7. The van der Waals surface area contributed by atoms with Gasteiger partial charge in [-0.3, -0.25) is 4.79 Å². The fraction of sp³-hybridized carbons (Fsp3) is 0.364. The molecule has 0 aromatic heterocycles. The Bertz CT molecular complexity index is 578. The van der Waals surface area contributed by atoms with Crippen molar-refractivity contribution in [1.82, 2.24) is 4.31 Å². The van der Waals surface area contributed by atoms with Crippen LogP contribution in [0.3, 0.4) is 0 Å². The van der Waals surface area contributed by atoms with Crippen molar-refractivity contribution in [3.63, 3.8) is 0 Å². The van der Waals surface area contributed by atoms with Crippen LogP contribution in [0.25, 0.3) is 0 Å². The Hall–Kier alpha value is -1.56. The van der Waals surface area contributed by atoms with E-state index in [9.17, 15) is 13.2 Å². The molecule has 1 aliphatic rings. The molecule has 1 amide bonds. The summed E-state index contributed by atoms with van der Waals surface area (Å²) in [5.74, 6) is -0.458. The molecule has 0 spiro atoms. The quantitative estimate of drug-likeness (QED) is 0.863. The normalized spacial score (nSPS) is 17.4. The van der Waals surface area contributed by atoms with Crippen LogP contribution in [0.4, 0.5) is 5.69 Å². The molecule has 0 fully saturated rings. The first-order chi connectivity index (χ1) is 7.91. The van der Waals surface area contributed by atoms with E-state index < -0.39 is 15.9 Å². The van der Waals surface area contributed by atoms with Gasteiger partial charge in [-0.05, 0) is 26.0 Å². The van der Waals surface area contributed by atoms with E-state index in [1.165, 1.54) is 6.07 Å². The van der Waals surface area contributed by atoms with Crippen LogP contribution in [-0.2, 0) is 10.0 Å². The molecule has 1 aromatic carbocycles. The Morgan fingerprint density at radius 2 is 1.94 bits per heavy atom. The fourth-order valence-corrected chi connectivity index (χ4v) is 3.79. The standard InChI is InChI=1S/C11H14N2O3S/c1-7(2)13-11(14)10-8(12-3)5-4-6-9(10)17(13,15)16/h4-7,12H,1-3H3. The predicted molar refractivity (Wildman–Crippen MR) is 64.5 cm³/mol. The van der Waals surface area contributed by atoms with E-state index in [1.54, 1.807) is 33.0 Å². The molecule has 1 aliphatic heterocycles. The summed E-state index contributed by atoms with van der Waals surface area (Å²) in [5.41, 5.74) is 0.780. The van der Waals surface area contributed by atoms with Crippen molar-refractivity contribution in [2.75, 3.05) is 12.4 Å². The molecular weight excluding hydrogens is 240 g/mol. The summed E-state index contributed by atoms with van der Waals surface area (Å²) >= 11 is 0. The average molecular weight is 254 g/mol. The molecule has 5 nitrogen and oxygen atoms in total. The second-order valence-corrected chi connectivity index (χ2v) is 5.91. The Morgan fingerprint density at radius 1 is 1.29 bits per heavy atom. The summed E-state index contributed by atoms with van der Waals surface area (Å²) in [6.45, 7) is 3.36. The van der Waals surface area contributed by atoms with Gasteiger partial charge < -0.3 is 5.32 Å². The molecule has 0 aliphatic carbocycles. The molecule has 1 N–H and O–H groups in total. The number of nitrogens with zero attached hydrogens (tertiary/aromatic N) is 1. The minimum Gasteiger partial charge on any atom is -0.387 e. The number of fused-ring (bicyclic) bond motifs is 1. The third-order valence-corrected chi connectivity index (χ3v) is 4.72. The molecule has 2 rings (SSSR count). The van der Waals surface area contributed by atoms with Crippen molar-refractivity contribution in [2.24, 2.45) is 0 Å². The van der Waals surface area contributed by atoms with Gasteiger partial charge in [0.15, 0.2) is 0 Å². The van der Waals surface area contributed by atoms with E-state index in [2.05, 4.69) is 5.32 Å².